The quantitative estimate of drug-likeness (QED) is 0.805. The lowest BCUT2D eigenvalue weighted by Crippen LogP contribution is -2.40. The minimum absolute atomic E-state index is 0.0141. The molecule has 1 heterocycles. The second-order valence-corrected chi connectivity index (χ2v) is 6.02. The second-order valence-electron chi connectivity index (χ2n) is 6.02. The number of carboxylic acid groups (broad SMARTS) is 1. The van der Waals surface area contributed by atoms with E-state index in [0.29, 0.717) is 39.1 Å². The van der Waals surface area contributed by atoms with Crippen molar-refractivity contribution in [1.82, 2.24) is 4.90 Å². The molecule has 1 amide bonds. The molecule has 1 saturated heterocycles. The molecule has 0 aromatic rings. The fraction of sp³-hybridized carbons (Fsp3) is 0.867. The van der Waals surface area contributed by atoms with Gasteiger partial charge in [0.1, 0.15) is 0 Å². The zero-order valence-corrected chi connectivity index (χ0v) is 12.1. The van der Waals surface area contributed by atoms with Gasteiger partial charge in [0.2, 0.25) is 5.91 Å². The van der Waals surface area contributed by atoms with Crippen LogP contribution in [0.4, 0.5) is 0 Å². The van der Waals surface area contributed by atoms with Crippen LogP contribution in [0, 0.1) is 5.41 Å². The van der Waals surface area contributed by atoms with E-state index < -0.39 is 11.4 Å². The molecule has 1 N–H and O–H groups in total. The molecule has 2 rings (SSSR count). The predicted octanol–water partition coefficient (Wildman–Crippen LogP) is 2.05. The summed E-state index contributed by atoms with van der Waals surface area (Å²) < 4.78 is 5.35. The van der Waals surface area contributed by atoms with E-state index in [1.165, 1.54) is 0 Å². The van der Waals surface area contributed by atoms with E-state index in [9.17, 15) is 14.7 Å². The number of hydrogen-bond donors (Lipinski definition) is 1. The van der Waals surface area contributed by atoms with Crippen LogP contribution in [0.2, 0.25) is 0 Å². The van der Waals surface area contributed by atoms with Gasteiger partial charge in [-0.15, -0.1) is 0 Å². The van der Waals surface area contributed by atoms with Gasteiger partial charge in [0, 0.05) is 26.1 Å². The van der Waals surface area contributed by atoms with Gasteiger partial charge in [-0.1, -0.05) is 25.7 Å². The third kappa shape index (κ3) is 3.72. The minimum Gasteiger partial charge on any atom is -0.481 e. The Hall–Kier alpha value is -1.10. The Labute approximate surface area is 120 Å². The first-order valence-corrected chi connectivity index (χ1v) is 7.73. The van der Waals surface area contributed by atoms with E-state index in [1.54, 1.807) is 4.90 Å². The number of rotatable bonds is 3. The lowest BCUT2D eigenvalue weighted by molar-refractivity contribution is -0.154. The third-order valence-corrected chi connectivity index (χ3v) is 4.58. The van der Waals surface area contributed by atoms with Crippen LogP contribution in [-0.4, -0.2) is 48.2 Å². The minimum atomic E-state index is -0.833. The van der Waals surface area contributed by atoms with Crippen LogP contribution in [0.3, 0.4) is 0 Å². The van der Waals surface area contributed by atoms with Crippen molar-refractivity contribution in [3.05, 3.63) is 0 Å². The lowest BCUT2D eigenvalue weighted by Gasteiger charge is -2.30. The number of nitrogens with zero attached hydrogens (tertiary/aromatic N) is 1. The first-order valence-electron chi connectivity index (χ1n) is 7.73. The Morgan fingerprint density at radius 2 is 1.70 bits per heavy atom. The van der Waals surface area contributed by atoms with Gasteiger partial charge < -0.3 is 14.7 Å². The van der Waals surface area contributed by atoms with Crippen molar-refractivity contribution in [3.8, 4) is 0 Å². The molecule has 0 aromatic heterocycles. The SMILES string of the molecule is O=C(CC1(C(=O)O)CCCCCC1)N1CCCOCC1. The molecule has 1 saturated carbocycles. The zero-order valence-electron chi connectivity index (χ0n) is 12.1. The summed E-state index contributed by atoms with van der Waals surface area (Å²) in [5.41, 5.74) is -0.833. The van der Waals surface area contributed by atoms with Gasteiger partial charge in [-0.3, -0.25) is 9.59 Å². The highest BCUT2D eigenvalue weighted by Gasteiger charge is 2.41. The highest BCUT2D eigenvalue weighted by atomic mass is 16.5. The van der Waals surface area contributed by atoms with Gasteiger partial charge in [-0.25, -0.2) is 0 Å². The fourth-order valence-electron chi connectivity index (χ4n) is 3.27. The molecule has 0 bridgehead atoms. The van der Waals surface area contributed by atoms with Gasteiger partial charge >= 0.3 is 5.97 Å². The van der Waals surface area contributed by atoms with Crippen molar-refractivity contribution in [2.45, 2.75) is 51.4 Å². The molecule has 114 valence electrons. The van der Waals surface area contributed by atoms with Crippen molar-refractivity contribution in [2.75, 3.05) is 26.3 Å². The zero-order chi connectivity index (χ0) is 14.4. The molecule has 1 aliphatic heterocycles. The van der Waals surface area contributed by atoms with Crippen molar-refractivity contribution in [3.63, 3.8) is 0 Å². The summed E-state index contributed by atoms with van der Waals surface area (Å²) in [7, 11) is 0. The smallest absolute Gasteiger partial charge is 0.310 e. The van der Waals surface area contributed by atoms with Crippen molar-refractivity contribution >= 4 is 11.9 Å². The molecule has 0 radical (unpaired) electrons. The Kier molecular flexibility index (Phi) is 5.40. The standard InChI is InChI=1S/C15H25NO4/c17-13(16-8-5-10-20-11-9-16)12-15(14(18)19)6-3-1-2-4-7-15/h1-12H2,(H,18,19). The van der Waals surface area contributed by atoms with Crippen LogP contribution in [0.25, 0.3) is 0 Å². The summed E-state index contributed by atoms with van der Waals surface area (Å²) in [6.45, 7) is 2.53. The molecule has 5 nitrogen and oxygen atoms in total. The number of carbonyl (C=O) groups is 2. The summed E-state index contributed by atoms with van der Waals surface area (Å²) in [5.74, 6) is -0.807. The monoisotopic (exact) mass is 283 g/mol. The number of hydrogen-bond acceptors (Lipinski definition) is 3. The van der Waals surface area contributed by atoms with E-state index in [0.717, 1.165) is 32.1 Å². The summed E-state index contributed by atoms with van der Waals surface area (Å²) in [6, 6.07) is 0. The number of amides is 1. The fourth-order valence-corrected chi connectivity index (χ4v) is 3.27. The van der Waals surface area contributed by atoms with Crippen LogP contribution in [-0.2, 0) is 14.3 Å². The predicted molar refractivity (Wildman–Crippen MR) is 74.4 cm³/mol. The highest BCUT2D eigenvalue weighted by molar-refractivity contribution is 5.85. The van der Waals surface area contributed by atoms with Gasteiger partial charge in [0.25, 0.3) is 0 Å². The van der Waals surface area contributed by atoms with Gasteiger partial charge in [0.05, 0.1) is 12.0 Å². The van der Waals surface area contributed by atoms with E-state index in [1.807, 2.05) is 0 Å². The Balaban J connectivity index is 2.02. The summed E-state index contributed by atoms with van der Waals surface area (Å²) in [6.07, 6.45) is 6.28. The average molecular weight is 283 g/mol. The van der Waals surface area contributed by atoms with Crippen molar-refractivity contribution < 1.29 is 19.4 Å². The van der Waals surface area contributed by atoms with E-state index >= 15 is 0 Å². The molecular weight excluding hydrogens is 258 g/mol. The first kappa shape index (κ1) is 15.3. The molecule has 5 heteroatoms. The molecule has 1 aliphatic carbocycles. The first-order chi connectivity index (χ1) is 9.64. The number of ether oxygens (including phenoxy) is 1. The molecule has 0 spiro atoms. The Morgan fingerprint density at radius 3 is 2.35 bits per heavy atom. The summed E-state index contributed by atoms with van der Waals surface area (Å²) >= 11 is 0. The lowest BCUT2D eigenvalue weighted by atomic mass is 9.77. The second kappa shape index (κ2) is 7.07. The van der Waals surface area contributed by atoms with Crippen molar-refractivity contribution in [2.24, 2.45) is 5.41 Å². The number of carboxylic acids is 1. The van der Waals surface area contributed by atoms with Crippen molar-refractivity contribution in [1.29, 1.82) is 0 Å². The topological polar surface area (TPSA) is 66.8 Å². The number of aliphatic carboxylic acids is 1. The number of carbonyl (C=O) groups excluding carboxylic acids is 1. The van der Waals surface area contributed by atoms with Gasteiger partial charge in [-0.2, -0.15) is 0 Å². The molecule has 2 aliphatic rings. The summed E-state index contributed by atoms with van der Waals surface area (Å²) in [4.78, 5) is 25.9. The molecular formula is C15H25NO4. The van der Waals surface area contributed by atoms with Gasteiger partial charge in [-0.05, 0) is 19.3 Å². The summed E-state index contributed by atoms with van der Waals surface area (Å²) in [5, 5.41) is 9.62. The molecule has 0 aromatic carbocycles. The molecule has 2 fully saturated rings. The Morgan fingerprint density at radius 1 is 1.00 bits per heavy atom. The third-order valence-electron chi connectivity index (χ3n) is 4.58. The van der Waals surface area contributed by atoms with E-state index in [4.69, 9.17) is 4.74 Å². The molecule has 0 unspecified atom stereocenters. The maximum Gasteiger partial charge on any atom is 0.310 e. The van der Waals surface area contributed by atoms with Crippen LogP contribution in [0.5, 0.6) is 0 Å². The Bertz CT molecular complexity index is 340. The molecule has 20 heavy (non-hydrogen) atoms. The maximum absolute atomic E-state index is 12.4. The molecule has 0 atom stereocenters. The van der Waals surface area contributed by atoms with Crippen LogP contribution >= 0.6 is 0 Å². The normalized spacial score (nSPS) is 23.7. The van der Waals surface area contributed by atoms with Crippen LogP contribution in [0.1, 0.15) is 51.4 Å². The largest absolute Gasteiger partial charge is 0.481 e. The van der Waals surface area contributed by atoms with E-state index in [-0.39, 0.29) is 12.3 Å². The van der Waals surface area contributed by atoms with Crippen LogP contribution < -0.4 is 0 Å². The van der Waals surface area contributed by atoms with Gasteiger partial charge in [0.15, 0.2) is 0 Å². The maximum atomic E-state index is 12.4. The van der Waals surface area contributed by atoms with E-state index in [2.05, 4.69) is 0 Å². The van der Waals surface area contributed by atoms with Crippen LogP contribution in [0.15, 0.2) is 0 Å². The highest BCUT2D eigenvalue weighted by Crippen LogP contribution is 2.39. The average Bonchev–Trinajstić information content (AvgIpc) is 2.81.